The maximum absolute atomic E-state index is 11.8. The van der Waals surface area contributed by atoms with Crippen molar-refractivity contribution in [3.05, 3.63) is 41.9 Å². The molecule has 1 fully saturated rings. The summed E-state index contributed by atoms with van der Waals surface area (Å²) >= 11 is 0. The number of pyridine rings is 1. The zero-order chi connectivity index (χ0) is 18.5. The molecule has 138 valence electrons. The van der Waals surface area contributed by atoms with Crippen molar-refractivity contribution in [2.45, 2.75) is 39.8 Å². The van der Waals surface area contributed by atoms with E-state index in [1.807, 2.05) is 39.0 Å². The molecule has 2 aromatic rings. The molecule has 0 aromatic carbocycles. The summed E-state index contributed by atoms with van der Waals surface area (Å²) in [5.74, 6) is 1.58. The summed E-state index contributed by atoms with van der Waals surface area (Å²) in [5.41, 5.74) is 1.84. The Balaban J connectivity index is 1.61. The van der Waals surface area contributed by atoms with Crippen molar-refractivity contribution in [2.24, 2.45) is 5.92 Å². The zero-order valence-corrected chi connectivity index (χ0v) is 15.5. The highest BCUT2D eigenvalue weighted by atomic mass is 16.5. The minimum atomic E-state index is -0.0415. The Morgan fingerprint density at radius 3 is 2.92 bits per heavy atom. The number of amides is 1. The minimum Gasteiger partial charge on any atom is -0.487 e. The quantitative estimate of drug-likeness (QED) is 0.855. The Morgan fingerprint density at radius 1 is 1.35 bits per heavy atom. The van der Waals surface area contributed by atoms with E-state index < -0.39 is 0 Å². The molecular formula is C19H25N5O2. The molecular weight excluding hydrogens is 330 g/mol. The molecule has 0 bridgehead atoms. The Labute approximate surface area is 153 Å². The Kier molecular flexibility index (Phi) is 5.65. The van der Waals surface area contributed by atoms with Gasteiger partial charge in [-0.25, -0.2) is 0 Å². The van der Waals surface area contributed by atoms with E-state index in [4.69, 9.17) is 4.74 Å². The van der Waals surface area contributed by atoms with Crippen LogP contribution in [0.2, 0.25) is 0 Å². The molecule has 3 rings (SSSR count). The second-order valence-corrected chi connectivity index (χ2v) is 6.86. The van der Waals surface area contributed by atoms with Crippen molar-refractivity contribution in [3.63, 3.8) is 0 Å². The normalized spacial score (nSPS) is 16.8. The SMILES string of the molecule is Cc1ccc(N2CC[C@H](Oc3cnccc3CNC(=O)C(C)C)C2)nn1. The van der Waals surface area contributed by atoms with E-state index in [0.29, 0.717) is 6.54 Å². The number of nitrogens with one attached hydrogen (secondary N) is 1. The molecule has 0 spiro atoms. The third-order valence-corrected chi connectivity index (χ3v) is 4.39. The second kappa shape index (κ2) is 8.12. The van der Waals surface area contributed by atoms with Gasteiger partial charge in [-0.2, -0.15) is 5.10 Å². The standard InChI is InChI=1S/C19H25N5O2/c1-13(2)19(25)21-10-15-6-8-20-11-17(15)26-16-7-9-24(12-16)18-5-4-14(3)22-23-18/h4-6,8,11,13,16H,7,9-10,12H2,1-3H3,(H,21,25)/t16-/m0/s1. The van der Waals surface area contributed by atoms with E-state index >= 15 is 0 Å². The molecule has 1 aliphatic heterocycles. The summed E-state index contributed by atoms with van der Waals surface area (Å²) in [6, 6.07) is 5.84. The Hall–Kier alpha value is -2.70. The number of hydrogen-bond acceptors (Lipinski definition) is 6. The molecule has 26 heavy (non-hydrogen) atoms. The monoisotopic (exact) mass is 355 g/mol. The molecule has 3 heterocycles. The van der Waals surface area contributed by atoms with Gasteiger partial charge in [-0.1, -0.05) is 13.8 Å². The number of aromatic nitrogens is 3. The number of ether oxygens (including phenoxy) is 1. The summed E-state index contributed by atoms with van der Waals surface area (Å²) in [4.78, 5) is 18.1. The van der Waals surface area contributed by atoms with Crippen LogP contribution in [0.25, 0.3) is 0 Å². The summed E-state index contributed by atoms with van der Waals surface area (Å²) < 4.78 is 6.17. The minimum absolute atomic E-state index is 0.0257. The fraction of sp³-hybridized carbons (Fsp3) is 0.474. The van der Waals surface area contributed by atoms with E-state index in [0.717, 1.165) is 42.3 Å². The summed E-state index contributed by atoms with van der Waals surface area (Å²) in [6.45, 7) is 7.75. The molecule has 0 aliphatic carbocycles. The van der Waals surface area contributed by atoms with Crippen molar-refractivity contribution < 1.29 is 9.53 Å². The van der Waals surface area contributed by atoms with Gasteiger partial charge in [0.15, 0.2) is 5.82 Å². The zero-order valence-electron chi connectivity index (χ0n) is 15.5. The highest BCUT2D eigenvalue weighted by molar-refractivity contribution is 5.77. The van der Waals surface area contributed by atoms with Crippen LogP contribution in [0.15, 0.2) is 30.6 Å². The summed E-state index contributed by atoms with van der Waals surface area (Å²) in [6.07, 6.45) is 4.39. The maximum atomic E-state index is 11.8. The molecule has 1 amide bonds. The van der Waals surface area contributed by atoms with Crippen LogP contribution in [0, 0.1) is 12.8 Å². The topological polar surface area (TPSA) is 80.2 Å². The first-order valence-corrected chi connectivity index (χ1v) is 8.95. The molecule has 2 aromatic heterocycles. The van der Waals surface area contributed by atoms with Gasteiger partial charge in [-0.15, -0.1) is 5.10 Å². The van der Waals surface area contributed by atoms with Gasteiger partial charge in [0.2, 0.25) is 5.91 Å². The van der Waals surface area contributed by atoms with Crippen LogP contribution < -0.4 is 15.0 Å². The van der Waals surface area contributed by atoms with E-state index in [1.165, 1.54) is 0 Å². The number of carbonyl (C=O) groups excluding carboxylic acids is 1. The molecule has 1 aliphatic rings. The molecule has 7 heteroatoms. The highest BCUT2D eigenvalue weighted by Gasteiger charge is 2.26. The van der Waals surface area contributed by atoms with Crippen LogP contribution in [0.5, 0.6) is 5.75 Å². The molecule has 1 atom stereocenters. The second-order valence-electron chi connectivity index (χ2n) is 6.86. The summed E-state index contributed by atoms with van der Waals surface area (Å²) in [7, 11) is 0. The summed E-state index contributed by atoms with van der Waals surface area (Å²) in [5, 5.41) is 11.3. The van der Waals surface area contributed by atoms with Gasteiger partial charge < -0.3 is 15.0 Å². The fourth-order valence-electron chi connectivity index (χ4n) is 2.82. The first-order chi connectivity index (χ1) is 12.5. The number of rotatable bonds is 6. The Bertz CT molecular complexity index is 748. The van der Waals surface area contributed by atoms with Crippen LogP contribution in [0.4, 0.5) is 5.82 Å². The van der Waals surface area contributed by atoms with Crippen molar-refractivity contribution in [1.82, 2.24) is 20.5 Å². The van der Waals surface area contributed by atoms with E-state index in [-0.39, 0.29) is 17.9 Å². The van der Waals surface area contributed by atoms with Gasteiger partial charge in [-0.05, 0) is 25.1 Å². The van der Waals surface area contributed by atoms with Gasteiger partial charge in [0, 0.05) is 37.2 Å². The molecule has 0 radical (unpaired) electrons. The lowest BCUT2D eigenvalue weighted by Crippen LogP contribution is -2.28. The lowest BCUT2D eigenvalue weighted by molar-refractivity contribution is -0.124. The van der Waals surface area contributed by atoms with Crippen LogP contribution in [0.1, 0.15) is 31.5 Å². The lowest BCUT2D eigenvalue weighted by atomic mass is 10.2. The third kappa shape index (κ3) is 4.47. The van der Waals surface area contributed by atoms with Gasteiger partial charge in [-0.3, -0.25) is 9.78 Å². The molecule has 0 saturated carbocycles. The van der Waals surface area contributed by atoms with E-state index in [1.54, 1.807) is 12.4 Å². The van der Waals surface area contributed by atoms with Crippen LogP contribution >= 0.6 is 0 Å². The highest BCUT2D eigenvalue weighted by Crippen LogP contribution is 2.24. The molecule has 1 N–H and O–H groups in total. The van der Waals surface area contributed by atoms with Crippen LogP contribution in [0.3, 0.4) is 0 Å². The smallest absolute Gasteiger partial charge is 0.222 e. The number of anilines is 1. The Morgan fingerprint density at radius 2 is 2.19 bits per heavy atom. The van der Waals surface area contributed by atoms with Gasteiger partial charge in [0.25, 0.3) is 0 Å². The van der Waals surface area contributed by atoms with Crippen molar-refractivity contribution in [2.75, 3.05) is 18.0 Å². The van der Waals surface area contributed by atoms with E-state index in [2.05, 4.69) is 25.4 Å². The first-order valence-electron chi connectivity index (χ1n) is 8.95. The van der Waals surface area contributed by atoms with Crippen molar-refractivity contribution >= 4 is 11.7 Å². The predicted octanol–water partition coefficient (Wildman–Crippen LogP) is 2.11. The van der Waals surface area contributed by atoms with Crippen molar-refractivity contribution in [3.8, 4) is 5.75 Å². The van der Waals surface area contributed by atoms with Crippen LogP contribution in [-0.2, 0) is 11.3 Å². The average molecular weight is 355 g/mol. The van der Waals surface area contributed by atoms with Crippen LogP contribution in [-0.4, -0.2) is 40.3 Å². The number of nitrogens with zero attached hydrogens (tertiary/aromatic N) is 4. The number of aryl methyl sites for hydroxylation is 1. The van der Waals surface area contributed by atoms with Crippen molar-refractivity contribution in [1.29, 1.82) is 0 Å². The molecule has 0 unspecified atom stereocenters. The molecule has 1 saturated heterocycles. The largest absolute Gasteiger partial charge is 0.487 e. The van der Waals surface area contributed by atoms with Gasteiger partial charge in [0.05, 0.1) is 18.4 Å². The van der Waals surface area contributed by atoms with Gasteiger partial charge >= 0.3 is 0 Å². The predicted molar refractivity (Wildman–Crippen MR) is 98.9 cm³/mol. The lowest BCUT2D eigenvalue weighted by Gasteiger charge is -2.19. The van der Waals surface area contributed by atoms with Gasteiger partial charge in [0.1, 0.15) is 11.9 Å². The number of hydrogen-bond donors (Lipinski definition) is 1. The molecule has 7 nitrogen and oxygen atoms in total. The first kappa shape index (κ1) is 18.1. The number of carbonyl (C=O) groups is 1. The average Bonchev–Trinajstić information content (AvgIpc) is 3.09. The van der Waals surface area contributed by atoms with E-state index in [9.17, 15) is 4.79 Å². The maximum Gasteiger partial charge on any atom is 0.222 e. The fourth-order valence-corrected chi connectivity index (χ4v) is 2.82. The third-order valence-electron chi connectivity index (χ3n) is 4.39.